The molecule has 8 N–H and O–H groups in total. The lowest BCUT2D eigenvalue weighted by molar-refractivity contribution is -0.306. The number of aliphatic hydroxyl groups excluding tert-OH is 1. The zero-order valence-corrected chi connectivity index (χ0v) is 33.4. The number of carboxylic acid groups (broad SMARTS) is 2. The smallest absolute Gasteiger partial charge is 0.328 e. The molecule has 4 rings (SSSR count). The van der Waals surface area contributed by atoms with Gasteiger partial charge in [-0.15, -0.1) is 0 Å². The van der Waals surface area contributed by atoms with Crippen LogP contribution in [-0.4, -0.2) is 116 Å². The highest BCUT2D eigenvalue weighted by Gasteiger charge is 2.38. The number of aliphatic carboxylic acids is 2. The molecule has 1 saturated heterocycles. The number of ether oxygens (including phenoxy) is 2. The number of quaternary nitrogens is 1. The SMILES string of the molecule is NC(N)=NCCC[C@H](CC(=O)CCC(=O)OC[N+]1(c2cc(=O)c3cccc(-c4ccccc4)c3o2)CCOCC1)C(=O)NCC(=O)C[C@@H](CC(=O)[O-])C(=O)N[C@@H](CO)C(=O)O. The normalized spacial score (nSPS) is 14.8. The van der Waals surface area contributed by atoms with Gasteiger partial charge in [-0.25, -0.2) is 9.28 Å². The Morgan fingerprint density at radius 2 is 1.61 bits per heavy atom. The van der Waals surface area contributed by atoms with Gasteiger partial charge in [0.15, 0.2) is 22.8 Å². The maximum atomic E-state index is 13.4. The van der Waals surface area contributed by atoms with Crippen molar-refractivity contribution < 1.29 is 62.8 Å². The summed E-state index contributed by atoms with van der Waals surface area (Å²) in [6.07, 6.45) is -2.30. The minimum Gasteiger partial charge on any atom is -0.550 e. The molecule has 0 bridgehead atoms. The molecule has 2 aromatic carbocycles. The van der Waals surface area contributed by atoms with Gasteiger partial charge in [-0.2, -0.15) is 0 Å². The predicted octanol–water partition coefficient (Wildman–Crippen LogP) is -0.899. The molecule has 1 aromatic heterocycles. The fourth-order valence-electron chi connectivity index (χ4n) is 6.72. The van der Waals surface area contributed by atoms with Gasteiger partial charge in [0.1, 0.15) is 24.9 Å². The van der Waals surface area contributed by atoms with Crippen molar-refractivity contribution in [2.45, 2.75) is 51.0 Å². The molecule has 2 heterocycles. The van der Waals surface area contributed by atoms with Crippen LogP contribution in [-0.2, 0) is 43.0 Å². The Balaban J connectivity index is 1.38. The van der Waals surface area contributed by atoms with E-state index in [0.717, 1.165) is 5.56 Å². The Labute approximate surface area is 349 Å². The number of fused-ring (bicyclic) bond motifs is 1. The molecule has 1 fully saturated rings. The first-order valence-corrected chi connectivity index (χ1v) is 19.5. The molecule has 3 aromatic rings. The number of benzene rings is 2. The highest BCUT2D eigenvalue weighted by atomic mass is 16.6. The predicted molar refractivity (Wildman–Crippen MR) is 216 cm³/mol. The topological polar surface area (TPSA) is 320 Å². The van der Waals surface area contributed by atoms with Gasteiger partial charge in [0.25, 0.3) is 0 Å². The number of hydrogen-bond donors (Lipinski definition) is 6. The van der Waals surface area contributed by atoms with Crippen molar-refractivity contribution in [1.82, 2.24) is 15.1 Å². The molecule has 0 spiro atoms. The van der Waals surface area contributed by atoms with Crippen LogP contribution in [0.3, 0.4) is 0 Å². The molecule has 3 atom stereocenters. The maximum Gasteiger partial charge on any atom is 0.328 e. The van der Waals surface area contributed by atoms with Gasteiger partial charge in [-0.3, -0.25) is 33.8 Å². The van der Waals surface area contributed by atoms with Gasteiger partial charge in [-0.1, -0.05) is 42.5 Å². The molecule has 20 nitrogen and oxygen atoms in total. The summed E-state index contributed by atoms with van der Waals surface area (Å²) in [6, 6.07) is 14.4. The van der Waals surface area contributed by atoms with E-state index in [0.29, 0.717) is 42.8 Å². The number of carbonyl (C=O) groups excluding carboxylic acids is 6. The number of nitrogens with zero attached hydrogens (tertiary/aromatic N) is 2. The highest BCUT2D eigenvalue weighted by molar-refractivity contribution is 5.95. The van der Waals surface area contributed by atoms with Crippen LogP contribution in [0.2, 0.25) is 0 Å². The van der Waals surface area contributed by atoms with Crippen LogP contribution in [0.4, 0.5) is 5.88 Å². The molecule has 20 heteroatoms. The first kappa shape index (κ1) is 47.2. The number of ketones is 2. The van der Waals surface area contributed by atoms with E-state index in [1.165, 1.54) is 6.07 Å². The van der Waals surface area contributed by atoms with Crippen molar-refractivity contribution in [1.29, 1.82) is 0 Å². The zero-order chi connectivity index (χ0) is 44.5. The molecule has 0 aliphatic carbocycles. The van der Waals surface area contributed by atoms with E-state index in [9.17, 15) is 48.6 Å². The van der Waals surface area contributed by atoms with Crippen LogP contribution in [0.1, 0.15) is 44.9 Å². The average Bonchev–Trinajstić information content (AvgIpc) is 3.24. The van der Waals surface area contributed by atoms with Gasteiger partial charge < -0.3 is 56.1 Å². The summed E-state index contributed by atoms with van der Waals surface area (Å²) >= 11 is 0. The molecule has 328 valence electrons. The number of carbonyl (C=O) groups is 7. The fraction of sp³-hybridized carbons (Fsp3) is 0.439. The summed E-state index contributed by atoms with van der Waals surface area (Å²) in [5.41, 5.74) is 12.4. The van der Waals surface area contributed by atoms with Crippen molar-refractivity contribution >= 4 is 64.1 Å². The average molecular weight is 851 g/mol. The number of amides is 2. The number of morpholine rings is 1. The lowest BCUT2D eigenvalue weighted by atomic mass is 9.94. The van der Waals surface area contributed by atoms with Gasteiger partial charge in [0, 0.05) is 43.3 Å². The first-order valence-electron chi connectivity index (χ1n) is 19.5. The summed E-state index contributed by atoms with van der Waals surface area (Å²) in [5, 5.41) is 34.2. The number of esters is 1. The molecule has 2 amide bonds. The van der Waals surface area contributed by atoms with E-state index in [-0.39, 0.29) is 67.1 Å². The Bertz CT molecular complexity index is 2150. The van der Waals surface area contributed by atoms with Crippen LogP contribution in [0.25, 0.3) is 22.1 Å². The largest absolute Gasteiger partial charge is 0.550 e. The third-order valence-electron chi connectivity index (χ3n) is 10.1. The van der Waals surface area contributed by atoms with E-state index >= 15 is 0 Å². The van der Waals surface area contributed by atoms with Crippen LogP contribution in [0.15, 0.2) is 68.8 Å². The van der Waals surface area contributed by atoms with Crippen molar-refractivity contribution in [3.63, 3.8) is 0 Å². The second-order valence-electron chi connectivity index (χ2n) is 14.6. The van der Waals surface area contributed by atoms with Crippen molar-refractivity contribution in [3.05, 3.63) is 64.8 Å². The Morgan fingerprint density at radius 3 is 2.26 bits per heavy atom. The number of nitrogens with two attached hydrogens (primary N) is 2. The third-order valence-corrected chi connectivity index (χ3v) is 10.1. The number of carboxylic acids is 2. The van der Waals surface area contributed by atoms with E-state index < -0.39 is 85.2 Å². The first-order chi connectivity index (χ1) is 29.1. The highest BCUT2D eigenvalue weighted by Crippen LogP contribution is 2.33. The summed E-state index contributed by atoms with van der Waals surface area (Å²) in [5.74, 6) is -9.62. The van der Waals surface area contributed by atoms with Gasteiger partial charge >= 0.3 is 17.8 Å². The van der Waals surface area contributed by atoms with E-state index in [4.69, 9.17) is 30.5 Å². The molecule has 0 radical (unpaired) electrons. The Morgan fingerprint density at radius 1 is 0.902 bits per heavy atom. The van der Waals surface area contributed by atoms with E-state index in [2.05, 4.69) is 10.3 Å². The summed E-state index contributed by atoms with van der Waals surface area (Å²) in [7, 11) is 0. The van der Waals surface area contributed by atoms with Crippen molar-refractivity contribution in [3.8, 4) is 11.1 Å². The van der Waals surface area contributed by atoms with Crippen LogP contribution >= 0.6 is 0 Å². The Hall–Kier alpha value is -6.51. The number of rotatable bonds is 24. The van der Waals surface area contributed by atoms with Gasteiger partial charge in [0.2, 0.25) is 18.5 Å². The lowest BCUT2D eigenvalue weighted by Crippen LogP contribution is -2.58. The Kier molecular flexibility index (Phi) is 17.6. The molecule has 1 aliphatic heterocycles. The number of aliphatic imine (C=N–C) groups is 1. The van der Waals surface area contributed by atoms with Crippen LogP contribution < -0.4 is 37.1 Å². The summed E-state index contributed by atoms with van der Waals surface area (Å²) < 4.78 is 17.7. The van der Waals surface area contributed by atoms with E-state index in [1.807, 2.05) is 41.7 Å². The molecular formula is C41H50N6O14. The summed E-state index contributed by atoms with van der Waals surface area (Å²) in [6.45, 7) is -0.513. The molecule has 61 heavy (non-hydrogen) atoms. The molecule has 0 unspecified atom stereocenters. The lowest BCUT2D eigenvalue weighted by Gasteiger charge is -2.37. The maximum absolute atomic E-state index is 13.4. The minimum atomic E-state index is -1.75. The zero-order valence-electron chi connectivity index (χ0n) is 33.4. The van der Waals surface area contributed by atoms with Crippen LogP contribution in [0, 0.1) is 11.8 Å². The number of nitrogens with one attached hydrogen (secondary N) is 2. The summed E-state index contributed by atoms with van der Waals surface area (Å²) in [4.78, 5) is 105. The van der Waals surface area contributed by atoms with Gasteiger partial charge in [-0.05, 0) is 30.9 Å². The van der Waals surface area contributed by atoms with Gasteiger partial charge in [0.05, 0.1) is 50.2 Å². The number of Topliss-reactive ketones (excluding diaryl/α,β-unsaturated/α-hetero) is 2. The minimum absolute atomic E-state index is 0.0329. The number of hydrogen-bond acceptors (Lipinski definition) is 14. The second-order valence-corrected chi connectivity index (χ2v) is 14.6. The van der Waals surface area contributed by atoms with E-state index in [1.54, 1.807) is 12.1 Å². The fourth-order valence-corrected chi connectivity index (χ4v) is 6.72. The quantitative estimate of drug-likeness (QED) is 0.0209. The number of guanidine groups is 1. The monoisotopic (exact) mass is 850 g/mol. The molecular weight excluding hydrogens is 800 g/mol. The number of aliphatic hydroxyl groups is 1. The van der Waals surface area contributed by atoms with Crippen LogP contribution in [0.5, 0.6) is 0 Å². The standard InChI is InChI=1S/C41H50N6O14/c42-41(43)44-13-5-8-26(38(55)45-22-29(50)19-27(20-35(52)53)39(56)46-32(23-48)40(57)58)18-28(49)11-12-36(54)60-24-47(14-16-59-17-15-47)34-21-33(51)31-10-4-9-30(37(31)61-34)25-6-2-1-3-7-25/h1-4,6-7,9-10,21,26-27,32,48H,5,8,11-20,22-24H2,(H7-,42,43,44,45,46,52,53,55,56,57,58)/t26-,27+,32+/m1/s1. The molecule has 1 aliphatic rings. The molecule has 0 saturated carbocycles. The second kappa shape index (κ2) is 22.7. The van der Waals surface area contributed by atoms with Crippen molar-refractivity contribution in [2.75, 3.05) is 52.7 Å². The third kappa shape index (κ3) is 14.0. The van der Waals surface area contributed by atoms with Crippen molar-refractivity contribution in [2.24, 2.45) is 28.3 Å². The number of para-hydroxylation sites is 1.